The van der Waals surface area contributed by atoms with E-state index in [9.17, 15) is 9.00 Å². The Morgan fingerprint density at radius 1 is 1.62 bits per heavy atom. The molecule has 5 nitrogen and oxygen atoms in total. The van der Waals surface area contributed by atoms with Crippen LogP contribution in [0.15, 0.2) is 20.4 Å². The van der Waals surface area contributed by atoms with Crippen LogP contribution in [0.4, 0.5) is 0 Å². The summed E-state index contributed by atoms with van der Waals surface area (Å²) >= 11 is 0. The summed E-state index contributed by atoms with van der Waals surface area (Å²) in [7, 11) is -1.10. The summed E-state index contributed by atoms with van der Waals surface area (Å²) in [6.45, 7) is 1.67. The molecule has 0 saturated heterocycles. The number of H-pyrrole nitrogens is 1. The van der Waals surface area contributed by atoms with E-state index in [-0.39, 0.29) is 10.7 Å². The van der Waals surface area contributed by atoms with Gasteiger partial charge in [-0.1, -0.05) is 0 Å². The summed E-state index contributed by atoms with van der Waals surface area (Å²) < 4.78 is 15.3. The molecule has 0 aliphatic heterocycles. The molecule has 0 saturated carbocycles. The van der Waals surface area contributed by atoms with Gasteiger partial charge in [0, 0.05) is 25.1 Å². The Kier molecular flexibility index (Phi) is 2.51. The van der Waals surface area contributed by atoms with Crippen LogP contribution in [-0.4, -0.2) is 27.5 Å². The smallest absolute Gasteiger partial charge is 0.251 e. The van der Waals surface area contributed by atoms with Crippen LogP contribution in [-0.2, 0) is 9.73 Å². The SMILES string of the molecule is CN=[S@@](C)(=O)c1nc(C)cc(=O)[nH]1. The highest BCUT2D eigenvalue weighted by molar-refractivity contribution is 7.92. The van der Waals surface area contributed by atoms with Gasteiger partial charge in [0.15, 0.2) is 0 Å². The Hall–Kier alpha value is -1.17. The third-order valence-corrected chi connectivity index (χ3v) is 3.16. The summed E-state index contributed by atoms with van der Waals surface area (Å²) in [5, 5.41) is 0.139. The van der Waals surface area contributed by atoms with Gasteiger partial charge in [0.05, 0.1) is 0 Å². The molecule has 0 aliphatic rings. The highest BCUT2D eigenvalue weighted by Crippen LogP contribution is 2.01. The molecule has 1 rings (SSSR count). The first-order valence-electron chi connectivity index (χ1n) is 3.64. The number of aryl methyl sites for hydroxylation is 1. The zero-order valence-corrected chi connectivity index (χ0v) is 8.51. The standard InChI is InChI=1S/C7H11N3O2S/c1-5-4-6(11)10-7(9-5)13(3,12)8-2/h4H,1-3H3,(H,9,10,11)/t13-/m0/s1. The van der Waals surface area contributed by atoms with Gasteiger partial charge in [-0.3, -0.25) is 9.78 Å². The second kappa shape index (κ2) is 3.29. The number of aromatic nitrogens is 2. The van der Waals surface area contributed by atoms with E-state index < -0.39 is 9.73 Å². The highest BCUT2D eigenvalue weighted by atomic mass is 32.2. The van der Waals surface area contributed by atoms with E-state index in [1.807, 2.05) is 0 Å². The Morgan fingerprint density at radius 3 is 2.69 bits per heavy atom. The monoisotopic (exact) mass is 201 g/mol. The van der Waals surface area contributed by atoms with Crippen LogP contribution in [0.2, 0.25) is 0 Å². The largest absolute Gasteiger partial charge is 0.299 e. The summed E-state index contributed by atoms with van der Waals surface area (Å²) in [6.07, 6.45) is 1.44. The fourth-order valence-electron chi connectivity index (χ4n) is 0.817. The van der Waals surface area contributed by atoms with Crippen molar-refractivity contribution in [3.63, 3.8) is 0 Å². The lowest BCUT2D eigenvalue weighted by Gasteiger charge is -2.01. The lowest BCUT2D eigenvalue weighted by atomic mass is 10.5. The topological polar surface area (TPSA) is 75.2 Å². The molecular weight excluding hydrogens is 190 g/mol. The van der Waals surface area contributed by atoms with E-state index in [0.717, 1.165) is 0 Å². The van der Waals surface area contributed by atoms with Gasteiger partial charge in [0.2, 0.25) is 5.16 Å². The van der Waals surface area contributed by atoms with Crippen LogP contribution in [0.5, 0.6) is 0 Å². The predicted octanol–water partition coefficient (Wildman–Crippen LogP) is 0.165. The van der Waals surface area contributed by atoms with Crippen molar-refractivity contribution in [1.29, 1.82) is 0 Å². The van der Waals surface area contributed by atoms with Crippen molar-refractivity contribution in [1.82, 2.24) is 9.97 Å². The maximum absolute atomic E-state index is 11.7. The van der Waals surface area contributed by atoms with Crippen LogP contribution in [0.3, 0.4) is 0 Å². The maximum atomic E-state index is 11.7. The molecule has 0 amide bonds. The fraction of sp³-hybridized carbons (Fsp3) is 0.429. The van der Waals surface area contributed by atoms with Crippen LogP contribution < -0.4 is 5.56 Å². The number of nitrogens with zero attached hydrogens (tertiary/aromatic N) is 2. The summed E-state index contributed by atoms with van der Waals surface area (Å²) in [6, 6.07) is 1.34. The van der Waals surface area contributed by atoms with Gasteiger partial charge in [-0.15, -0.1) is 0 Å². The lowest BCUT2D eigenvalue weighted by Crippen LogP contribution is -2.14. The average Bonchev–Trinajstić information content (AvgIpc) is 2.02. The van der Waals surface area contributed by atoms with E-state index in [1.54, 1.807) is 6.92 Å². The normalized spacial score (nSPS) is 15.0. The zero-order valence-electron chi connectivity index (χ0n) is 7.70. The van der Waals surface area contributed by atoms with Gasteiger partial charge in [0.25, 0.3) is 5.56 Å². The van der Waals surface area contributed by atoms with Gasteiger partial charge in [-0.25, -0.2) is 13.6 Å². The number of nitrogens with one attached hydrogen (secondary N) is 1. The number of aromatic amines is 1. The van der Waals surface area contributed by atoms with E-state index >= 15 is 0 Å². The van der Waals surface area contributed by atoms with Gasteiger partial charge in [0.1, 0.15) is 9.73 Å². The minimum Gasteiger partial charge on any atom is -0.299 e. The average molecular weight is 201 g/mol. The number of hydrogen-bond donors (Lipinski definition) is 1. The number of rotatable bonds is 1. The van der Waals surface area contributed by atoms with E-state index in [0.29, 0.717) is 5.69 Å². The van der Waals surface area contributed by atoms with Crippen molar-refractivity contribution in [2.75, 3.05) is 13.3 Å². The molecule has 1 aromatic heterocycles. The third-order valence-electron chi connectivity index (χ3n) is 1.56. The van der Waals surface area contributed by atoms with Crippen molar-refractivity contribution in [3.05, 3.63) is 22.1 Å². The summed E-state index contributed by atoms with van der Waals surface area (Å²) in [5.74, 6) is 0. The molecule has 1 aromatic rings. The van der Waals surface area contributed by atoms with Crippen molar-refractivity contribution < 1.29 is 4.21 Å². The molecule has 0 unspecified atom stereocenters. The second-order valence-corrected chi connectivity index (χ2v) is 5.03. The molecule has 0 spiro atoms. The lowest BCUT2D eigenvalue weighted by molar-refractivity contribution is 0.670. The summed E-state index contributed by atoms with van der Waals surface area (Å²) in [4.78, 5) is 17.4. The quantitative estimate of drug-likeness (QED) is 0.658. The Balaban J connectivity index is 3.50. The molecule has 6 heteroatoms. The Morgan fingerprint density at radius 2 is 2.23 bits per heavy atom. The first-order chi connectivity index (χ1) is 5.95. The molecule has 0 radical (unpaired) electrons. The molecule has 72 valence electrons. The third kappa shape index (κ3) is 2.15. The number of hydrogen-bond acceptors (Lipinski definition) is 4. The summed E-state index contributed by atoms with van der Waals surface area (Å²) in [5.41, 5.74) is 0.234. The van der Waals surface area contributed by atoms with Crippen molar-refractivity contribution in [3.8, 4) is 0 Å². The minimum atomic E-state index is -2.53. The van der Waals surface area contributed by atoms with Crippen molar-refractivity contribution >= 4 is 9.73 Å². The first-order valence-corrected chi connectivity index (χ1v) is 5.56. The first kappa shape index (κ1) is 9.91. The minimum absolute atomic E-state index is 0.139. The molecule has 1 heterocycles. The van der Waals surface area contributed by atoms with E-state index in [2.05, 4.69) is 14.3 Å². The zero-order chi connectivity index (χ0) is 10.1. The molecule has 0 aliphatic carbocycles. The Bertz CT molecular complexity index is 483. The van der Waals surface area contributed by atoms with Crippen LogP contribution in [0.25, 0.3) is 0 Å². The molecule has 0 aromatic carbocycles. The highest BCUT2D eigenvalue weighted by Gasteiger charge is 2.07. The van der Waals surface area contributed by atoms with E-state index in [1.165, 1.54) is 19.4 Å². The fourth-order valence-corrected chi connectivity index (χ4v) is 1.59. The molecule has 13 heavy (non-hydrogen) atoms. The van der Waals surface area contributed by atoms with Crippen LogP contribution in [0, 0.1) is 6.92 Å². The van der Waals surface area contributed by atoms with Crippen molar-refractivity contribution in [2.24, 2.45) is 4.36 Å². The predicted molar refractivity (Wildman–Crippen MR) is 50.3 cm³/mol. The van der Waals surface area contributed by atoms with Crippen LogP contribution in [0.1, 0.15) is 5.69 Å². The van der Waals surface area contributed by atoms with Gasteiger partial charge in [-0.05, 0) is 6.92 Å². The molecule has 1 N–H and O–H groups in total. The van der Waals surface area contributed by atoms with Crippen LogP contribution >= 0.6 is 0 Å². The molecule has 0 bridgehead atoms. The Labute approximate surface area is 76.4 Å². The van der Waals surface area contributed by atoms with Gasteiger partial charge < -0.3 is 0 Å². The second-order valence-electron chi connectivity index (χ2n) is 2.68. The van der Waals surface area contributed by atoms with Gasteiger partial charge >= 0.3 is 0 Å². The molecule has 0 fully saturated rings. The maximum Gasteiger partial charge on any atom is 0.251 e. The molecular formula is C7H11N3O2S. The van der Waals surface area contributed by atoms with Crippen molar-refractivity contribution in [2.45, 2.75) is 12.1 Å². The van der Waals surface area contributed by atoms with Gasteiger partial charge in [-0.2, -0.15) is 0 Å². The van der Waals surface area contributed by atoms with E-state index in [4.69, 9.17) is 0 Å². The molecule has 1 atom stereocenters.